The summed E-state index contributed by atoms with van der Waals surface area (Å²) in [5.41, 5.74) is -7.61. The molecule has 0 atom stereocenters. The number of rotatable bonds is 5. The van der Waals surface area contributed by atoms with Gasteiger partial charge in [-0.1, -0.05) is 6.07 Å². The summed E-state index contributed by atoms with van der Waals surface area (Å²) in [5, 5.41) is 6.88. The van der Waals surface area contributed by atoms with Crippen molar-refractivity contribution in [2.75, 3.05) is 25.2 Å². The largest absolute Gasteiger partial charge is 0.516 e. The van der Waals surface area contributed by atoms with Crippen molar-refractivity contribution in [3.8, 4) is 0 Å². The standard InChI is InChI=1S/C21H21F7N6O4S/c1-38-19-31-33(8-9-34(19)39(36,37)21(26,27)28)14-6-5-12(10-13(14)22)11-29-18(35)16-17(20(23,24)25)30-15-4-2-3-7-32(15)16/h5-6,10H,2-4,7-9,11H2,1H3,(H,29,35). The Balaban J connectivity index is 1.51. The van der Waals surface area contributed by atoms with E-state index in [1.54, 1.807) is 0 Å². The summed E-state index contributed by atoms with van der Waals surface area (Å²) >= 11 is 0. The van der Waals surface area contributed by atoms with Crippen molar-refractivity contribution in [2.45, 2.75) is 44.0 Å². The Morgan fingerprint density at radius 2 is 1.82 bits per heavy atom. The van der Waals surface area contributed by atoms with Crippen LogP contribution in [0.5, 0.6) is 0 Å². The fraction of sp³-hybridized carbons (Fsp3) is 0.476. The van der Waals surface area contributed by atoms with Gasteiger partial charge in [-0.2, -0.15) is 34.8 Å². The lowest BCUT2D eigenvalue weighted by atomic mass is 10.1. The van der Waals surface area contributed by atoms with E-state index >= 15 is 0 Å². The molecule has 1 aromatic carbocycles. The molecule has 18 heteroatoms. The zero-order valence-electron chi connectivity index (χ0n) is 20.1. The fourth-order valence-corrected chi connectivity index (χ4v) is 5.09. The van der Waals surface area contributed by atoms with Crippen LogP contribution in [-0.4, -0.2) is 59.9 Å². The monoisotopic (exact) mass is 586 g/mol. The molecule has 0 saturated heterocycles. The fourth-order valence-electron chi connectivity index (χ4n) is 4.20. The number of nitrogens with zero attached hydrogens (tertiary/aromatic N) is 5. The Morgan fingerprint density at radius 3 is 2.44 bits per heavy atom. The molecule has 2 aromatic rings. The maximum absolute atomic E-state index is 14.9. The van der Waals surface area contributed by atoms with E-state index in [0.717, 1.165) is 18.2 Å². The van der Waals surface area contributed by atoms with Gasteiger partial charge in [0.15, 0.2) is 5.69 Å². The predicted molar refractivity (Wildman–Crippen MR) is 121 cm³/mol. The third-order valence-corrected chi connectivity index (χ3v) is 7.51. The van der Waals surface area contributed by atoms with E-state index in [1.807, 2.05) is 0 Å². The number of aromatic nitrogens is 2. The average Bonchev–Trinajstić information content (AvgIpc) is 3.27. The molecule has 0 unspecified atom stereocenters. The van der Waals surface area contributed by atoms with Gasteiger partial charge in [-0.25, -0.2) is 13.7 Å². The van der Waals surface area contributed by atoms with Crippen LogP contribution in [0.3, 0.4) is 0 Å². The molecule has 1 aromatic heterocycles. The molecular formula is C21H21F7N6O4S. The Hall–Kier alpha value is -3.57. The highest BCUT2D eigenvalue weighted by atomic mass is 32.2. The number of ether oxygens (including phenoxy) is 1. The number of methoxy groups -OCH3 is 1. The van der Waals surface area contributed by atoms with Gasteiger partial charge in [0, 0.05) is 19.5 Å². The lowest BCUT2D eigenvalue weighted by Gasteiger charge is -2.32. The number of carbonyl (C=O) groups excluding carboxylic acids is 1. The van der Waals surface area contributed by atoms with Crippen molar-refractivity contribution in [2.24, 2.45) is 5.10 Å². The maximum atomic E-state index is 14.9. The Labute approximate surface area is 217 Å². The van der Waals surface area contributed by atoms with E-state index < -0.39 is 63.9 Å². The summed E-state index contributed by atoms with van der Waals surface area (Å²) in [6.45, 7) is -1.35. The molecule has 0 saturated carbocycles. The molecule has 0 bridgehead atoms. The third-order valence-electron chi connectivity index (χ3n) is 6.01. The van der Waals surface area contributed by atoms with E-state index in [9.17, 15) is 43.9 Å². The van der Waals surface area contributed by atoms with Gasteiger partial charge in [-0.3, -0.25) is 9.80 Å². The minimum atomic E-state index is -5.80. The van der Waals surface area contributed by atoms with E-state index in [1.165, 1.54) is 16.7 Å². The zero-order valence-corrected chi connectivity index (χ0v) is 20.9. The van der Waals surface area contributed by atoms with Gasteiger partial charge < -0.3 is 14.6 Å². The van der Waals surface area contributed by atoms with Gasteiger partial charge in [0.25, 0.3) is 5.91 Å². The highest BCUT2D eigenvalue weighted by molar-refractivity contribution is 7.90. The van der Waals surface area contributed by atoms with Crippen molar-refractivity contribution < 1.29 is 48.7 Å². The first-order valence-electron chi connectivity index (χ1n) is 11.4. The lowest BCUT2D eigenvalue weighted by molar-refractivity contribution is -0.141. The molecule has 39 heavy (non-hydrogen) atoms. The predicted octanol–water partition coefficient (Wildman–Crippen LogP) is 3.20. The van der Waals surface area contributed by atoms with Crippen LogP contribution in [0.15, 0.2) is 23.3 Å². The van der Waals surface area contributed by atoms with Crippen LogP contribution in [-0.2, 0) is 40.4 Å². The summed E-state index contributed by atoms with van der Waals surface area (Å²) in [7, 11) is -4.90. The molecule has 1 amide bonds. The van der Waals surface area contributed by atoms with Crippen LogP contribution in [0.1, 0.15) is 40.4 Å². The number of carbonyl (C=O) groups is 1. The van der Waals surface area contributed by atoms with Crippen LogP contribution in [0.2, 0.25) is 0 Å². The Morgan fingerprint density at radius 1 is 1.10 bits per heavy atom. The van der Waals surface area contributed by atoms with E-state index in [4.69, 9.17) is 0 Å². The number of nitrogens with one attached hydrogen (secondary N) is 1. The highest BCUT2D eigenvalue weighted by Gasteiger charge is 2.52. The molecule has 10 nitrogen and oxygen atoms in total. The molecule has 214 valence electrons. The number of hydrogen-bond donors (Lipinski definition) is 1. The number of sulfonamides is 1. The van der Waals surface area contributed by atoms with Crippen molar-refractivity contribution >= 4 is 27.6 Å². The second-order valence-electron chi connectivity index (χ2n) is 8.53. The molecule has 3 heterocycles. The zero-order chi connectivity index (χ0) is 28.8. The average molecular weight is 586 g/mol. The number of amides is 1. The van der Waals surface area contributed by atoms with E-state index in [2.05, 4.69) is 20.1 Å². The summed E-state index contributed by atoms with van der Waals surface area (Å²) < 4.78 is 124. The van der Waals surface area contributed by atoms with Crippen LogP contribution >= 0.6 is 0 Å². The number of hydrazone groups is 1. The first-order chi connectivity index (χ1) is 18.1. The van der Waals surface area contributed by atoms with Gasteiger partial charge in [0.1, 0.15) is 17.3 Å². The number of benzene rings is 1. The van der Waals surface area contributed by atoms with Crippen LogP contribution in [0, 0.1) is 5.82 Å². The summed E-state index contributed by atoms with van der Waals surface area (Å²) in [5.74, 6) is -1.82. The molecule has 4 rings (SSSR count). The quantitative estimate of drug-likeness (QED) is 0.540. The van der Waals surface area contributed by atoms with Crippen molar-refractivity contribution in [1.29, 1.82) is 0 Å². The Kier molecular flexibility index (Phi) is 7.44. The number of hydrogen-bond acceptors (Lipinski definition) is 7. The van der Waals surface area contributed by atoms with Gasteiger partial charge in [-0.05, 0) is 30.5 Å². The SMILES string of the molecule is COC1=NN(c2ccc(CNC(=O)c3c(C(F)(F)F)nc4n3CCCC4)cc2F)CCN1S(=O)(=O)C(F)(F)F. The lowest BCUT2D eigenvalue weighted by Crippen LogP contribution is -2.51. The van der Waals surface area contributed by atoms with Crippen molar-refractivity contribution in [3.63, 3.8) is 0 Å². The first kappa shape index (κ1) is 28.4. The van der Waals surface area contributed by atoms with Crippen LogP contribution < -0.4 is 10.3 Å². The molecule has 2 aliphatic rings. The normalized spacial score (nSPS) is 16.6. The molecule has 0 fully saturated rings. The number of halogens is 7. The topological polar surface area (TPSA) is 109 Å². The molecule has 0 radical (unpaired) electrons. The second-order valence-corrected chi connectivity index (χ2v) is 10.4. The van der Waals surface area contributed by atoms with Gasteiger partial charge in [-0.15, -0.1) is 5.10 Å². The summed E-state index contributed by atoms with van der Waals surface area (Å²) in [6.07, 6.45) is -3.33. The number of imidazole rings is 1. The smallest absolute Gasteiger partial charge is 0.467 e. The summed E-state index contributed by atoms with van der Waals surface area (Å²) in [6, 6.07) is 2.51. The Bertz CT molecular complexity index is 1400. The molecular weight excluding hydrogens is 565 g/mol. The number of aryl methyl sites for hydroxylation is 1. The number of fused-ring (bicyclic) bond motifs is 1. The van der Waals surface area contributed by atoms with Crippen LogP contribution in [0.25, 0.3) is 0 Å². The van der Waals surface area contributed by atoms with Gasteiger partial charge in [0.2, 0.25) is 0 Å². The van der Waals surface area contributed by atoms with E-state index in [0.29, 0.717) is 19.3 Å². The molecule has 0 aliphatic carbocycles. The number of amidine groups is 1. The second kappa shape index (κ2) is 10.2. The highest BCUT2D eigenvalue weighted by Crippen LogP contribution is 2.34. The van der Waals surface area contributed by atoms with Gasteiger partial charge in [0.05, 0.1) is 25.9 Å². The maximum Gasteiger partial charge on any atom is 0.516 e. The number of anilines is 1. The molecule has 0 spiro atoms. The minimum Gasteiger partial charge on any atom is -0.467 e. The summed E-state index contributed by atoms with van der Waals surface area (Å²) in [4.78, 5) is 16.3. The number of alkyl halides is 6. The van der Waals surface area contributed by atoms with Crippen LogP contribution in [0.4, 0.5) is 36.4 Å². The van der Waals surface area contributed by atoms with Gasteiger partial charge >= 0.3 is 27.7 Å². The molecule has 2 aliphatic heterocycles. The van der Waals surface area contributed by atoms with Crippen molar-refractivity contribution in [1.82, 2.24) is 19.2 Å². The first-order valence-corrected chi connectivity index (χ1v) is 12.8. The van der Waals surface area contributed by atoms with E-state index in [-0.39, 0.29) is 34.5 Å². The molecule has 1 N–H and O–H groups in total. The van der Waals surface area contributed by atoms with Crippen molar-refractivity contribution in [3.05, 3.63) is 46.8 Å². The minimum absolute atomic E-state index is 0.0876. The third kappa shape index (κ3) is 5.46.